The summed E-state index contributed by atoms with van der Waals surface area (Å²) < 4.78 is 2.14. The molecule has 0 unspecified atom stereocenters. The van der Waals surface area contributed by atoms with Gasteiger partial charge in [-0.1, -0.05) is 17.7 Å². The summed E-state index contributed by atoms with van der Waals surface area (Å²) in [5.41, 5.74) is 10.3. The molecule has 2 N–H and O–H groups in total. The number of benzene rings is 1. The van der Waals surface area contributed by atoms with Crippen molar-refractivity contribution in [1.82, 2.24) is 9.55 Å². The molecule has 0 spiro atoms. The van der Waals surface area contributed by atoms with E-state index in [0.717, 1.165) is 30.0 Å². The van der Waals surface area contributed by atoms with Crippen LogP contribution in [0.2, 0.25) is 5.02 Å². The molecule has 0 saturated heterocycles. The molecular weight excluding hydrogens is 258 g/mol. The summed E-state index contributed by atoms with van der Waals surface area (Å²) in [6.45, 7) is 0.649. The maximum Gasteiger partial charge on any atom is 0.0998 e. The molecule has 3 nitrogen and oxygen atoms in total. The topological polar surface area (TPSA) is 43.8 Å². The highest BCUT2D eigenvalue weighted by Crippen LogP contribution is 2.27. The molecular formula is C15H18ClN3. The van der Waals surface area contributed by atoms with Crippen molar-refractivity contribution >= 4 is 11.6 Å². The molecule has 0 bridgehead atoms. The number of rotatable bonds is 3. The molecule has 0 saturated carbocycles. The zero-order valence-electron chi connectivity index (χ0n) is 10.9. The van der Waals surface area contributed by atoms with Gasteiger partial charge in [0.2, 0.25) is 0 Å². The van der Waals surface area contributed by atoms with Crippen LogP contribution in [-0.4, -0.2) is 16.1 Å². The summed E-state index contributed by atoms with van der Waals surface area (Å²) >= 11 is 6.41. The average molecular weight is 276 g/mol. The summed E-state index contributed by atoms with van der Waals surface area (Å²) in [5, 5.41) is 0.775. The summed E-state index contributed by atoms with van der Waals surface area (Å²) in [6, 6.07) is 6.19. The van der Waals surface area contributed by atoms with Crippen molar-refractivity contribution in [2.75, 3.05) is 6.54 Å². The van der Waals surface area contributed by atoms with Gasteiger partial charge in [0, 0.05) is 5.69 Å². The number of aryl methyl sites for hydroxylation is 1. The average Bonchev–Trinajstić information content (AvgIpc) is 2.83. The van der Waals surface area contributed by atoms with Crippen LogP contribution in [0.4, 0.5) is 0 Å². The molecule has 100 valence electrons. The van der Waals surface area contributed by atoms with Gasteiger partial charge in [-0.2, -0.15) is 0 Å². The van der Waals surface area contributed by atoms with Gasteiger partial charge in [-0.3, -0.25) is 0 Å². The van der Waals surface area contributed by atoms with E-state index in [-0.39, 0.29) is 0 Å². The van der Waals surface area contributed by atoms with Crippen LogP contribution >= 0.6 is 11.6 Å². The lowest BCUT2D eigenvalue weighted by Crippen LogP contribution is -2.07. The Morgan fingerprint density at radius 3 is 2.89 bits per heavy atom. The molecule has 4 heteroatoms. The van der Waals surface area contributed by atoms with E-state index in [1.54, 1.807) is 0 Å². The lowest BCUT2D eigenvalue weighted by Gasteiger charge is -2.15. The zero-order valence-corrected chi connectivity index (χ0v) is 11.7. The molecule has 1 aromatic carbocycles. The van der Waals surface area contributed by atoms with Gasteiger partial charge in [-0.05, 0) is 56.3 Å². The predicted octanol–water partition coefficient (Wildman–Crippen LogP) is 2.91. The van der Waals surface area contributed by atoms with Crippen LogP contribution in [0.3, 0.4) is 0 Å². The van der Waals surface area contributed by atoms with Crippen molar-refractivity contribution in [3.05, 3.63) is 46.5 Å². The van der Waals surface area contributed by atoms with Crippen molar-refractivity contribution in [2.45, 2.75) is 32.1 Å². The van der Waals surface area contributed by atoms with Crippen molar-refractivity contribution in [1.29, 1.82) is 0 Å². The minimum atomic E-state index is 0.649. The lowest BCUT2D eigenvalue weighted by atomic mass is 10.0. The highest BCUT2D eigenvalue weighted by Gasteiger charge is 2.17. The first-order chi connectivity index (χ1) is 9.29. The van der Waals surface area contributed by atoms with E-state index in [0.29, 0.717) is 6.54 Å². The molecule has 3 rings (SSSR count). The van der Waals surface area contributed by atoms with E-state index in [2.05, 4.69) is 21.7 Å². The van der Waals surface area contributed by atoms with Gasteiger partial charge in [-0.25, -0.2) is 4.98 Å². The van der Waals surface area contributed by atoms with Crippen LogP contribution < -0.4 is 5.73 Å². The number of hydrogen-bond donors (Lipinski definition) is 1. The van der Waals surface area contributed by atoms with E-state index in [1.165, 1.54) is 29.8 Å². The normalized spacial score (nSPS) is 14.4. The molecule has 0 aliphatic heterocycles. The summed E-state index contributed by atoms with van der Waals surface area (Å²) in [5.74, 6) is 0. The Hall–Kier alpha value is -1.32. The maximum atomic E-state index is 6.41. The molecule has 0 atom stereocenters. The Morgan fingerprint density at radius 2 is 2.11 bits per heavy atom. The van der Waals surface area contributed by atoms with Crippen LogP contribution in [0.15, 0.2) is 24.5 Å². The van der Waals surface area contributed by atoms with Crippen LogP contribution in [-0.2, 0) is 19.3 Å². The fraction of sp³-hybridized carbons (Fsp3) is 0.400. The van der Waals surface area contributed by atoms with Crippen molar-refractivity contribution < 1.29 is 0 Å². The second kappa shape index (κ2) is 5.35. The third kappa shape index (κ3) is 2.40. The highest BCUT2D eigenvalue weighted by atomic mass is 35.5. The van der Waals surface area contributed by atoms with Crippen molar-refractivity contribution in [3.8, 4) is 5.69 Å². The highest BCUT2D eigenvalue weighted by molar-refractivity contribution is 6.32. The van der Waals surface area contributed by atoms with Gasteiger partial charge >= 0.3 is 0 Å². The first kappa shape index (κ1) is 12.7. The Labute approximate surface area is 118 Å². The molecule has 0 radical (unpaired) electrons. The van der Waals surface area contributed by atoms with Crippen LogP contribution in [0.25, 0.3) is 5.69 Å². The standard InChI is InChI=1S/C15H18ClN3/c16-12-9-11(7-8-17)5-6-14(12)19-10-18-13-3-1-2-4-15(13)19/h5-6,9-10H,1-4,7-8,17H2. The van der Waals surface area contributed by atoms with Crippen molar-refractivity contribution in [2.24, 2.45) is 5.73 Å². The minimum Gasteiger partial charge on any atom is -0.330 e. The van der Waals surface area contributed by atoms with Gasteiger partial charge in [-0.15, -0.1) is 0 Å². The third-order valence-corrected chi connectivity index (χ3v) is 4.04. The predicted molar refractivity (Wildman–Crippen MR) is 78.0 cm³/mol. The summed E-state index contributed by atoms with van der Waals surface area (Å²) in [4.78, 5) is 4.52. The number of imidazole rings is 1. The van der Waals surface area contributed by atoms with E-state index >= 15 is 0 Å². The number of nitrogens with two attached hydrogens (primary N) is 1. The largest absolute Gasteiger partial charge is 0.330 e. The Kier molecular flexibility index (Phi) is 3.58. The van der Waals surface area contributed by atoms with Gasteiger partial charge in [0.1, 0.15) is 0 Å². The van der Waals surface area contributed by atoms with Crippen LogP contribution in [0, 0.1) is 0 Å². The summed E-state index contributed by atoms with van der Waals surface area (Å²) in [7, 11) is 0. The molecule has 0 amide bonds. The number of aromatic nitrogens is 2. The van der Waals surface area contributed by atoms with Crippen molar-refractivity contribution in [3.63, 3.8) is 0 Å². The fourth-order valence-corrected chi connectivity index (χ4v) is 3.04. The van der Waals surface area contributed by atoms with Gasteiger partial charge in [0.05, 0.1) is 22.7 Å². The summed E-state index contributed by atoms with van der Waals surface area (Å²) in [6.07, 6.45) is 7.43. The quantitative estimate of drug-likeness (QED) is 0.936. The SMILES string of the molecule is NCCc1ccc(-n2cnc3c2CCCC3)c(Cl)c1. The number of halogens is 1. The number of nitrogens with zero attached hydrogens (tertiary/aromatic N) is 2. The Morgan fingerprint density at radius 1 is 1.26 bits per heavy atom. The van der Waals surface area contributed by atoms with Gasteiger partial charge in [0.25, 0.3) is 0 Å². The zero-order chi connectivity index (χ0) is 13.2. The molecule has 1 heterocycles. The first-order valence-corrected chi connectivity index (χ1v) is 7.21. The molecule has 2 aromatic rings. The van der Waals surface area contributed by atoms with E-state index in [1.807, 2.05) is 12.4 Å². The number of hydrogen-bond acceptors (Lipinski definition) is 2. The third-order valence-electron chi connectivity index (χ3n) is 3.73. The van der Waals surface area contributed by atoms with Gasteiger partial charge in [0.15, 0.2) is 0 Å². The first-order valence-electron chi connectivity index (χ1n) is 6.83. The Bertz CT molecular complexity index is 589. The number of fused-ring (bicyclic) bond motifs is 1. The molecule has 1 aliphatic rings. The van der Waals surface area contributed by atoms with Crippen LogP contribution in [0.1, 0.15) is 29.8 Å². The fourth-order valence-electron chi connectivity index (χ4n) is 2.74. The maximum absolute atomic E-state index is 6.41. The minimum absolute atomic E-state index is 0.649. The lowest BCUT2D eigenvalue weighted by molar-refractivity contribution is 0.656. The van der Waals surface area contributed by atoms with Crippen LogP contribution in [0.5, 0.6) is 0 Å². The monoisotopic (exact) mass is 275 g/mol. The second-order valence-electron chi connectivity index (χ2n) is 5.04. The second-order valence-corrected chi connectivity index (χ2v) is 5.45. The molecule has 19 heavy (non-hydrogen) atoms. The van der Waals surface area contributed by atoms with E-state index in [9.17, 15) is 0 Å². The molecule has 1 aromatic heterocycles. The molecule has 0 fully saturated rings. The molecule has 1 aliphatic carbocycles. The van der Waals surface area contributed by atoms with E-state index < -0.39 is 0 Å². The Balaban J connectivity index is 2.00. The smallest absolute Gasteiger partial charge is 0.0998 e. The van der Waals surface area contributed by atoms with E-state index in [4.69, 9.17) is 17.3 Å². The van der Waals surface area contributed by atoms with Gasteiger partial charge < -0.3 is 10.3 Å².